The van der Waals surface area contributed by atoms with Gasteiger partial charge in [-0.3, -0.25) is 9.71 Å². The monoisotopic (exact) mass is 575 g/mol. The van der Waals surface area contributed by atoms with Crippen molar-refractivity contribution < 1.29 is 18.3 Å². The SMILES string of the molecule is Cc1cc(N2C(=S)N[C@H](c3ccccn3)[C@H]2c2cc(C)n(-c3ccc(C(=O)O)cc3)c2C)ccc1NS(C)(=O)=O. The van der Waals surface area contributed by atoms with Gasteiger partial charge >= 0.3 is 5.97 Å². The summed E-state index contributed by atoms with van der Waals surface area (Å²) in [6.45, 7) is 5.90. The van der Waals surface area contributed by atoms with Crippen LogP contribution in [0.5, 0.6) is 0 Å². The molecule has 9 nitrogen and oxygen atoms in total. The number of aryl methyl sites for hydroxylation is 2. The Balaban J connectivity index is 1.63. The van der Waals surface area contributed by atoms with Crippen molar-refractivity contribution in [3.8, 4) is 5.69 Å². The van der Waals surface area contributed by atoms with Crippen molar-refractivity contribution in [1.29, 1.82) is 0 Å². The second-order valence-corrected chi connectivity index (χ2v) is 12.0. The van der Waals surface area contributed by atoms with Crippen molar-refractivity contribution in [2.45, 2.75) is 32.9 Å². The van der Waals surface area contributed by atoms with E-state index >= 15 is 0 Å². The van der Waals surface area contributed by atoms with E-state index in [1.807, 2.05) is 56.0 Å². The number of aromatic nitrogens is 2. The van der Waals surface area contributed by atoms with Crippen LogP contribution in [0.3, 0.4) is 0 Å². The molecule has 0 radical (unpaired) electrons. The van der Waals surface area contributed by atoms with Crippen LogP contribution in [0.1, 0.15) is 50.7 Å². The molecule has 3 N–H and O–H groups in total. The van der Waals surface area contributed by atoms with Crippen LogP contribution in [0.2, 0.25) is 0 Å². The Bertz CT molecular complexity index is 1720. The lowest BCUT2D eigenvalue weighted by Crippen LogP contribution is -2.29. The lowest BCUT2D eigenvalue weighted by atomic mass is 9.96. The largest absolute Gasteiger partial charge is 0.478 e. The molecule has 1 fully saturated rings. The molecule has 1 saturated heterocycles. The Morgan fingerprint density at radius 2 is 1.73 bits per heavy atom. The highest BCUT2D eigenvalue weighted by Crippen LogP contribution is 2.44. The first kappa shape index (κ1) is 27.4. The normalized spacial score (nSPS) is 17.1. The number of pyridine rings is 1. The Morgan fingerprint density at radius 3 is 2.33 bits per heavy atom. The molecule has 3 heterocycles. The number of carbonyl (C=O) groups is 1. The zero-order valence-corrected chi connectivity index (χ0v) is 24.0. The average Bonchev–Trinajstić information content (AvgIpc) is 3.40. The molecule has 0 unspecified atom stereocenters. The van der Waals surface area contributed by atoms with E-state index in [-0.39, 0.29) is 17.6 Å². The van der Waals surface area contributed by atoms with E-state index in [4.69, 9.17) is 12.2 Å². The van der Waals surface area contributed by atoms with E-state index in [1.54, 1.807) is 36.5 Å². The van der Waals surface area contributed by atoms with Crippen LogP contribution in [0.15, 0.2) is 72.9 Å². The third kappa shape index (κ3) is 5.17. The summed E-state index contributed by atoms with van der Waals surface area (Å²) in [6, 6.07) is 19.7. The quantitative estimate of drug-likeness (QED) is 0.262. The topological polar surface area (TPSA) is 117 Å². The van der Waals surface area contributed by atoms with Gasteiger partial charge in [-0.1, -0.05) is 6.07 Å². The van der Waals surface area contributed by atoms with Crippen molar-refractivity contribution >= 4 is 44.7 Å². The molecule has 40 heavy (non-hydrogen) atoms. The summed E-state index contributed by atoms with van der Waals surface area (Å²) in [5.41, 5.74) is 6.98. The number of hydrogen-bond acceptors (Lipinski definition) is 5. The molecule has 2 aromatic heterocycles. The van der Waals surface area contributed by atoms with E-state index < -0.39 is 16.0 Å². The molecule has 0 bridgehead atoms. The fourth-order valence-corrected chi connectivity index (χ4v) is 6.27. The minimum absolute atomic E-state index is 0.224. The van der Waals surface area contributed by atoms with Crippen molar-refractivity contribution in [3.05, 3.63) is 107 Å². The lowest BCUT2D eigenvalue weighted by Gasteiger charge is -2.29. The van der Waals surface area contributed by atoms with Gasteiger partial charge in [0.2, 0.25) is 10.0 Å². The van der Waals surface area contributed by atoms with E-state index in [9.17, 15) is 18.3 Å². The van der Waals surface area contributed by atoms with Crippen LogP contribution in [0, 0.1) is 20.8 Å². The highest BCUT2D eigenvalue weighted by molar-refractivity contribution is 7.92. The Kier molecular flexibility index (Phi) is 7.11. The number of thiocarbonyl (C=S) groups is 1. The standard InChI is InChI=1S/C29H29N5O4S2/c1-17-15-22(12-13-24(17)32-40(4,37)38)34-27(26(31-29(34)39)25-7-5-6-14-30-25)23-16-18(2)33(19(23)3)21-10-8-20(9-11-21)28(35)36/h5-16,26-27,32H,1-4H3,(H,31,39)(H,35,36)/t26-,27-/m1/s1. The van der Waals surface area contributed by atoms with Crippen LogP contribution in [-0.4, -0.2) is 40.4 Å². The van der Waals surface area contributed by atoms with Gasteiger partial charge in [-0.2, -0.15) is 0 Å². The van der Waals surface area contributed by atoms with Crippen LogP contribution in [-0.2, 0) is 10.0 Å². The maximum absolute atomic E-state index is 11.8. The van der Waals surface area contributed by atoms with Gasteiger partial charge in [-0.05, 0) is 105 Å². The fraction of sp³-hybridized carbons (Fsp3) is 0.207. The highest BCUT2D eigenvalue weighted by Gasteiger charge is 2.42. The molecule has 2 atom stereocenters. The number of nitrogens with zero attached hydrogens (tertiary/aromatic N) is 3. The summed E-state index contributed by atoms with van der Waals surface area (Å²) in [5.74, 6) is -0.972. The number of nitrogens with one attached hydrogen (secondary N) is 2. The first-order valence-electron chi connectivity index (χ1n) is 12.6. The number of aromatic carboxylic acids is 1. The summed E-state index contributed by atoms with van der Waals surface area (Å²) >= 11 is 5.87. The number of benzene rings is 2. The van der Waals surface area contributed by atoms with Gasteiger partial charge in [0.15, 0.2) is 5.11 Å². The lowest BCUT2D eigenvalue weighted by molar-refractivity contribution is 0.0697. The van der Waals surface area contributed by atoms with Crippen LogP contribution in [0.25, 0.3) is 5.69 Å². The Morgan fingerprint density at radius 1 is 1.02 bits per heavy atom. The maximum Gasteiger partial charge on any atom is 0.335 e. The van der Waals surface area contributed by atoms with E-state index in [0.29, 0.717) is 10.8 Å². The summed E-state index contributed by atoms with van der Waals surface area (Å²) in [4.78, 5) is 18.0. The number of rotatable bonds is 7. The van der Waals surface area contributed by atoms with Crippen LogP contribution < -0.4 is 14.9 Å². The molecular weight excluding hydrogens is 546 g/mol. The molecule has 11 heteroatoms. The zero-order valence-electron chi connectivity index (χ0n) is 22.4. The second-order valence-electron chi connectivity index (χ2n) is 9.88. The molecule has 0 spiro atoms. The summed E-state index contributed by atoms with van der Waals surface area (Å²) in [6.07, 6.45) is 2.88. The minimum atomic E-state index is -3.43. The number of hydrogen-bond donors (Lipinski definition) is 3. The fourth-order valence-electron chi connectivity index (χ4n) is 5.30. The summed E-state index contributed by atoms with van der Waals surface area (Å²) in [5, 5.41) is 13.3. The zero-order chi connectivity index (χ0) is 28.8. The Labute approximate surface area is 238 Å². The maximum atomic E-state index is 11.8. The third-order valence-electron chi connectivity index (χ3n) is 7.04. The van der Waals surface area contributed by atoms with Gasteiger partial charge in [0.1, 0.15) is 0 Å². The average molecular weight is 576 g/mol. The van der Waals surface area contributed by atoms with Crippen molar-refractivity contribution in [1.82, 2.24) is 14.9 Å². The van der Waals surface area contributed by atoms with Gasteiger partial charge in [-0.15, -0.1) is 0 Å². The molecule has 1 aliphatic heterocycles. The number of carboxylic acid groups (broad SMARTS) is 1. The molecule has 5 rings (SSSR count). The highest BCUT2D eigenvalue weighted by atomic mass is 32.2. The van der Waals surface area contributed by atoms with E-state index in [1.165, 1.54) is 0 Å². The first-order valence-corrected chi connectivity index (χ1v) is 14.9. The molecule has 0 amide bonds. The summed E-state index contributed by atoms with van der Waals surface area (Å²) in [7, 11) is -3.43. The predicted octanol–water partition coefficient (Wildman–Crippen LogP) is 5.04. The van der Waals surface area contributed by atoms with Gasteiger partial charge in [0.05, 0.1) is 35.3 Å². The third-order valence-corrected chi connectivity index (χ3v) is 7.95. The van der Waals surface area contributed by atoms with Gasteiger partial charge in [-0.25, -0.2) is 13.2 Å². The molecule has 1 aliphatic rings. The molecule has 0 aliphatic carbocycles. The second kappa shape index (κ2) is 10.4. The van der Waals surface area contributed by atoms with Crippen molar-refractivity contribution in [2.75, 3.05) is 15.9 Å². The molecule has 0 saturated carbocycles. The van der Waals surface area contributed by atoms with Crippen molar-refractivity contribution in [2.24, 2.45) is 0 Å². The van der Waals surface area contributed by atoms with Crippen molar-refractivity contribution in [3.63, 3.8) is 0 Å². The number of sulfonamides is 1. The molecule has 206 valence electrons. The summed E-state index contributed by atoms with van der Waals surface area (Å²) < 4.78 is 28.3. The molecule has 2 aromatic carbocycles. The first-order chi connectivity index (χ1) is 18.9. The number of carboxylic acids is 1. The van der Waals surface area contributed by atoms with Gasteiger partial charge in [0.25, 0.3) is 0 Å². The van der Waals surface area contributed by atoms with Crippen LogP contribution in [0.4, 0.5) is 11.4 Å². The van der Waals surface area contributed by atoms with Crippen LogP contribution >= 0.6 is 12.2 Å². The van der Waals surface area contributed by atoms with E-state index in [0.717, 1.165) is 45.8 Å². The Hall–Kier alpha value is -4.22. The molecule has 4 aromatic rings. The van der Waals surface area contributed by atoms with E-state index in [2.05, 4.69) is 25.7 Å². The van der Waals surface area contributed by atoms with Gasteiger partial charge < -0.3 is 19.9 Å². The minimum Gasteiger partial charge on any atom is -0.478 e. The number of anilines is 2. The predicted molar refractivity (Wildman–Crippen MR) is 160 cm³/mol. The smallest absolute Gasteiger partial charge is 0.335 e. The van der Waals surface area contributed by atoms with Gasteiger partial charge in [0, 0.05) is 29.0 Å². The molecular formula is C29H29N5O4S2.